The highest BCUT2D eigenvalue weighted by atomic mass is 32.2. The molecule has 0 amide bonds. The lowest BCUT2D eigenvalue weighted by molar-refractivity contribution is 0.0731. The monoisotopic (exact) mass is 432 g/mol. The molecule has 5 nitrogen and oxygen atoms in total. The lowest BCUT2D eigenvalue weighted by atomic mass is 9.81. The minimum absolute atomic E-state index is 0. The molecule has 2 aromatic rings. The third-order valence-corrected chi connectivity index (χ3v) is 7.36. The summed E-state index contributed by atoms with van der Waals surface area (Å²) in [5, 5.41) is 0. The van der Waals surface area contributed by atoms with Crippen LogP contribution < -0.4 is 9.62 Å². The van der Waals surface area contributed by atoms with Gasteiger partial charge in [-0.3, -0.25) is 4.72 Å². The van der Waals surface area contributed by atoms with Crippen LogP contribution in [0.5, 0.6) is 0 Å². The number of piperidine rings is 1. The standard InChI is InChI=1S/C24H34N2O3S.H2/c1-23(2,3)19-10-12-20(13-11-19)30(27,28)25-21-8-6-7-9-22(21)26-16-14-24(4,15-17-26)18-29-5;/h6-13,25H,14-18H2,1-5H3;1H. The smallest absolute Gasteiger partial charge is 0.261 e. The largest absolute Gasteiger partial charge is 0.384 e. The Morgan fingerprint density at radius 3 is 2.23 bits per heavy atom. The van der Waals surface area contributed by atoms with Crippen LogP contribution >= 0.6 is 0 Å². The van der Waals surface area contributed by atoms with E-state index in [-0.39, 0.29) is 17.2 Å². The first-order chi connectivity index (χ1) is 14.0. The van der Waals surface area contributed by atoms with Crippen LogP contribution in [0.1, 0.15) is 47.5 Å². The second-order valence-corrected chi connectivity index (χ2v) is 11.3. The maximum Gasteiger partial charge on any atom is 0.261 e. The van der Waals surface area contributed by atoms with Gasteiger partial charge in [-0.05, 0) is 53.5 Å². The van der Waals surface area contributed by atoms with Crippen LogP contribution in [0.25, 0.3) is 0 Å². The maximum atomic E-state index is 13.0. The van der Waals surface area contributed by atoms with Gasteiger partial charge in [0.05, 0.1) is 22.9 Å². The molecule has 166 valence electrons. The van der Waals surface area contributed by atoms with Gasteiger partial charge in [0.15, 0.2) is 0 Å². The first-order valence-electron chi connectivity index (χ1n) is 10.5. The van der Waals surface area contributed by atoms with Crippen LogP contribution in [0.15, 0.2) is 53.4 Å². The van der Waals surface area contributed by atoms with Crippen LogP contribution in [0.4, 0.5) is 11.4 Å². The highest BCUT2D eigenvalue weighted by Gasteiger charge is 2.31. The molecule has 0 atom stereocenters. The van der Waals surface area contributed by atoms with Gasteiger partial charge in [0.2, 0.25) is 0 Å². The summed E-state index contributed by atoms with van der Waals surface area (Å²) in [6.07, 6.45) is 2.02. The van der Waals surface area contributed by atoms with E-state index in [1.807, 2.05) is 36.4 Å². The fourth-order valence-electron chi connectivity index (χ4n) is 3.95. The minimum atomic E-state index is -3.66. The molecule has 3 rings (SSSR count). The Balaban J connectivity index is 0.00000341. The molecule has 0 unspecified atom stereocenters. The van der Waals surface area contributed by atoms with Gasteiger partial charge in [-0.1, -0.05) is 52.0 Å². The van der Waals surface area contributed by atoms with Crippen LogP contribution in [-0.4, -0.2) is 35.2 Å². The molecule has 0 spiro atoms. The van der Waals surface area contributed by atoms with Crippen molar-refractivity contribution < 1.29 is 14.6 Å². The number of benzene rings is 2. The summed E-state index contributed by atoms with van der Waals surface area (Å²) in [6, 6.07) is 14.8. The number of nitrogens with zero attached hydrogens (tertiary/aromatic N) is 1. The van der Waals surface area contributed by atoms with Crippen molar-refractivity contribution in [3.8, 4) is 0 Å². The van der Waals surface area contributed by atoms with E-state index in [1.165, 1.54) is 0 Å². The number of ether oxygens (including phenoxy) is 1. The second-order valence-electron chi connectivity index (χ2n) is 9.63. The van der Waals surface area contributed by atoms with Crippen molar-refractivity contribution in [1.82, 2.24) is 0 Å². The topological polar surface area (TPSA) is 58.6 Å². The Kier molecular flexibility index (Phi) is 6.48. The fourth-order valence-corrected chi connectivity index (χ4v) is 5.03. The van der Waals surface area contributed by atoms with Crippen molar-refractivity contribution in [1.29, 1.82) is 0 Å². The van der Waals surface area contributed by atoms with E-state index >= 15 is 0 Å². The first kappa shape index (κ1) is 22.6. The number of nitrogens with one attached hydrogen (secondary N) is 1. The molecule has 0 aromatic heterocycles. The maximum absolute atomic E-state index is 13.0. The van der Waals surface area contributed by atoms with Crippen molar-refractivity contribution in [2.45, 2.75) is 50.8 Å². The molecule has 0 bridgehead atoms. The minimum Gasteiger partial charge on any atom is -0.384 e. The van der Waals surface area contributed by atoms with E-state index in [9.17, 15) is 8.42 Å². The van der Waals surface area contributed by atoms with Crippen LogP contribution in [-0.2, 0) is 20.2 Å². The van der Waals surface area contributed by atoms with Crippen molar-refractivity contribution in [3.63, 3.8) is 0 Å². The predicted octanol–water partition coefficient (Wildman–Crippen LogP) is 5.28. The van der Waals surface area contributed by atoms with Crippen molar-refractivity contribution in [3.05, 3.63) is 54.1 Å². The van der Waals surface area contributed by atoms with Gasteiger partial charge in [-0.2, -0.15) is 0 Å². The Labute approximate surface area is 183 Å². The molecule has 1 saturated heterocycles. The molecule has 6 heteroatoms. The Hall–Kier alpha value is -2.05. The number of anilines is 2. The number of hydrogen-bond donors (Lipinski definition) is 1. The number of para-hydroxylation sites is 2. The normalized spacial score (nSPS) is 17.0. The molecule has 0 saturated carbocycles. The van der Waals surface area contributed by atoms with Gasteiger partial charge in [0.25, 0.3) is 10.0 Å². The van der Waals surface area contributed by atoms with Crippen molar-refractivity contribution >= 4 is 21.4 Å². The summed E-state index contributed by atoms with van der Waals surface area (Å²) >= 11 is 0. The Morgan fingerprint density at radius 2 is 1.67 bits per heavy atom. The zero-order valence-corrected chi connectivity index (χ0v) is 19.6. The Bertz CT molecular complexity index is 961. The van der Waals surface area contributed by atoms with Crippen LogP contribution in [0, 0.1) is 5.41 Å². The number of sulfonamides is 1. The molecule has 30 heavy (non-hydrogen) atoms. The summed E-state index contributed by atoms with van der Waals surface area (Å²) in [4.78, 5) is 2.54. The molecular weight excluding hydrogens is 396 g/mol. The van der Waals surface area contributed by atoms with Crippen molar-refractivity contribution in [2.75, 3.05) is 36.4 Å². The first-order valence-corrected chi connectivity index (χ1v) is 12.0. The van der Waals surface area contributed by atoms with E-state index < -0.39 is 10.0 Å². The fraction of sp³-hybridized carbons (Fsp3) is 0.500. The quantitative estimate of drug-likeness (QED) is 0.674. The van der Waals surface area contributed by atoms with Crippen LogP contribution in [0.3, 0.4) is 0 Å². The number of hydrogen-bond acceptors (Lipinski definition) is 4. The molecule has 2 aromatic carbocycles. The average molecular weight is 433 g/mol. The molecule has 1 heterocycles. The van der Waals surface area contributed by atoms with E-state index in [4.69, 9.17) is 4.74 Å². The average Bonchev–Trinajstić information content (AvgIpc) is 2.68. The van der Waals surface area contributed by atoms with Gasteiger partial charge in [-0.25, -0.2) is 8.42 Å². The molecule has 0 radical (unpaired) electrons. The van der Waals surface area contributed by atoms with E-state index in [1.54, 1.807) is 19.2 Å². The molecule has 1 aliphatic rings. The third kappa shape index (κ3) is 5.16. The lowest BCUT2D eigenvalue weighted by Gasteiger charge is -2.40. The second kappa shape index (κ2) is 8.60. The zero-order valence-electron chi connectivity index (χ0n) is 18.7. The summed E-state index contributed by atoms with van der Waals surface area (Å²) < 4.78 is 34.3. The van der Waals surface area contributed by atoms with E-state index in [0.29, 0.717) is 5.69 Å². The van der Waals surface area contributed by atoms with Gasteiger partial charge in [-0.15, -0.1) is 0 Å². The molecular formula is C24H36N2O3S. The van der Waals surface area contributed by atoms with Gasteiger partial charge in [0.1, 0.15) is 0 Å². The molecule has 1 aliphatic heterocycles. The van der Waals surface area contributed by atoms with Gasteiger partial charge in [0, 0.05) is 21.6 Å². The predicted molar refractivity (Wildman–Crippen MR) is 126 cm³/mol. The number of rotatable bonds is 6. The zero-order chi connectivity index (χ0) is 22.0. The highest BCUT2D eigenvalue weighted by molar-refractivity contribution is 7.92. The van der Waals surface area contributed by atoms with E-state index in [0.717, 1.165) is 43.8 Å². The summed E-state index contributed by atoms with van der Waals surface area (Å²) in [7, 11) is -1.92. The van der Waals surface area contributed by atoms with E-state index in [2.05, 4.69) is 37.3 Å². The van der Waals surface area contributed by atoms with Crippen molar-refractivity contribution in [2.24, 2.45) is 5.41 Å². The third-order valence-electron chi connectivity index (χ3n) is 5.98. The van der Waals surface area contributed by atoms with Gasteiger partial charge < -0.3 is 9.64 Å². The summed E-state index contributed by atoms with van der Waals surface area (Å²) in [5.74, 6) is 0. The van der Waals surface area contributed by atoms with Crippen LogP contribution in [0.2, 0.25) is 0 Å². The lowest BCUT2D eigenvalue weighted by Crippen LogP contribution is -2.41. The molecule has 1 N–H and O–H groups in total. The molecule has 0 aliphatic carbocycles. The summed E-state index contributed by atoms with van der Waals surface area (Å²) in [5.41, 5.74) is 2.80. The molecule has 1 fully saturated rings. The van der Waals surface area contributed by atoms with Gasteiger partial charge >= 0.3 is 0 Å². The summed E-state index contributed by atoms with van der Waals surface area (Å²) in [6.45, 7) is 11.1. The SMILES string of the molecule is COCC1(C)CCN(c2ccccc2NS(=O)(=O)c2ccc(C(C)(C)C)cc2)CC1.[HH]. The number of methoxy groups -OCH3 is 1. The Morgan fingerprint density at radius 1 is 1.07 bits per heavy atom. The highest BCUT2D eigenvalue weighted by Crippen LogP contribution is 2.36.